The van der Waals surface area contributed by atoms with Gasteiger partial charge in [-0.2, -0.15) is 49.0 Å². The maximum atomic E-state index is 14.2. The first-order valence-corrected chi connectivity index (χ1v) is 39.4. The van der Waals surface area contributed by atoms with E-state index >= 15 is 0 Å². The zero-order valence-electron chi connectivity index (χ0n) is 66.3. The van der Waals surface area contributed by atoms with Crippen LogP contribution in [0.2, 0.25) is 0 Å². The Balaban J connectivity index is 0.000000155. The summed E-state index contributed by atoms with van der Waals surface area (Å²) in [5.74, 6) is 2.78. The van der Waals surface area contributed by atoms with Gasteiger partial charge in [0.25, 0.3) is 0 Å². The first-order chi connectivity index (χ1) is 57.0. The Labute approximate surface area is 681 Å². The third-order valence-electron chi connectivity index (χ3n) is 21.1. The summed E-state index contributed by atoms with van der Waals surface area (Å²) in [5.41, 5.74) is 5.33. The van der Waals surface area contributed by atoms with Gasteiger partial charge in [0.05, 0.1) is 91.2 Å². The number of hydrogen-bond donors (Lipinski definition) is 11. The Morgan fingerprint density at radius 1 is 0.534 bits per heavy atom. The number of para-hydroxylation sites is 2. The van der Waals surface area contributed by atoms with Crippen LogP contribution < -0.4 is 46.7 Å². The van der Waals surface area contributed by atoms with Gasteiger partial charge >= 0.3 is 6.18 Å². The third-order valence-corrected chi connectivity index (χ3v) is 21.1. The van der Waals surface area contributed by atoms with Crippen molar-refractivity contribution in [1.29, 1.82) is 15.8 Å². The summed E-state index contributed by atoms with van der Waals surface area (Å²) in [6.45, 7) is 9.22. The van der Waals surface area contributed by atoms with E-state index in [-0.39, 0.29) is 96.5 Å². The highest BCUT2D eigenvalue weighted by molar-refractivity contribution is 5.57. The zero-order valence-corrected chi connectivity index (χ0v) is 66.3. The van der Waals surface area contributed by atoms with Gasteiger partial charge in [-0.15, -0.1) is 5.10 Å². The number of nitriles is 3. The third kappa shape index (κ3) is 24.0. The fourth-order valence-electron chi connectivity index (χ4n) is 14.6. The van der Waals surface area contributed by atoms with Crippen LogP contribution in [0.25, 0.3) is 11.4 Å². The predicted molar refractivity (Wildman–Crippen MR) is 433 cm³/mol. The molecule has 4 aliphatic rings. The molecule has 14 rings (SSSR count). The number of halogens is 5. The smallest absolute Gasteiger partial charge is 0.419 e. The topological polar surface area (TPSA) is 407 Å². The fourth-order valence-corrected chi connectivity index (χ4v) is 14.6. The van der Waals surface area contributed by atoms with E-state index in [2.05, 4.69) is 111 Å². The number of anilines is 7. The Kier molecular flexibility index (Phi) is 30.5. The summed E-state index contributed by atoms with van der Waals surface area (Å²) in [6.07, 6.45) is 16.3. The van der Waals surface area contributed by atoms with Crippen molar-refractivity contribution in [2.75, 3.05) is 50.9 Å². The first-order valence-electron chi connectivity index (χ1n) is 39.4. The SMILES string of the molecule is CCOc1cccc(F)c1CNc1ncc(C#N)c(NC2CCC(O)CC2)n1.COc1cccc(F)c1CNc1ncc(C#N)c(NC2CCC(O)CC2)n1.Cc1cnnn1-c1ccccc1CNc1ncc(C(F)(F)F)c(C[C@H]2CC[C@@H](O)C(C)(C)C2)n1.N#Cc1cnc(NCc2ccccc2-n2cccn2)nc1NC1CCC(O)CC1. The minimum Gasteiger partial charge on any atom is -0.496 e. The summed E-state index contributed by atoms with van der Waals surface area (Å²) in [6, 6.07) is 33.6. The number of nitrogens with zero attached hydrogens (tertiary/aromatic N) is 16. The van der Waals surface area contributed by atoms with Crippen LogP contribution >= 0.6 is 0 Å². The van der Waals surface area contributed by atoms with Crippen LogP contribution in [-0.2, 0) is 38.8 Å². The molecule has 6 aromatic heterocycles. The molecule has 0 aliphatic heterocycles. The van der Waals surface area contributed by atoms with Gasteiger partial charge in [0.2, 0.25) is 23.8 Å². The molecule has 0 saturated heterocycles. The molecule has 0 radical (unpaired) electrons. The van der Waals surface area contributed by atoms with Gasteiger partial charge in [-0.05, 0) is 182 Å². The second-order valence-corrected chi connectivity index (χ2v) is 30.0. The van der Waals surface area contributed by atoms with Crippen molar-refractivity contribution in [3.8, 4) is 41.1 Å². The largest absolute Gasteiger partial charge is 0.496 e. The maximum Gasteiger partial charge on any atom is 0.419 e. The molecular formula is C84H98F5N23O6. The van der Waals surface area contributed by atoms with E-state index in [1.807, 2.05) is 93.2 Å². The zero-order chi connectivity index (χ0) is 83.7. The van der Waals surface area contributed by atoms with E-state index in [0.29, 0.717) is 108 Å². The number of nitrogens with one attached hydrogen (secondary N) is 7. The monoisotopic (exact) mass is 1620 g/mol. The van der Waals surface area contributed by atoms with Crippen LogP contribution in [0.4, 0.5) is 63.2 Å². The van der Waals surface area contributed by atoms with Gasteiger partial charge < -0.3 is 67.1 Å². The number of aromatic nitrogens is 13. The number of aryl methyl sites for hydroxylation is 1. The molecule has 4 fully saturated rings. The van der Waals surface area contributed by atoms with Gasteiger partial charge in [0.1, 0.15) is 75.5 Å². The normalized spacial score (nSPS) is 19.3. The van der Waals surface area contributed by atoms with Crippen molar-refractivity contribution in [3.63, 3.8) is 0 Å². The molecule has 2 atom stereocenters. The van der Waals surface area contributed by atoms with Crippen LogP contribution in [0, 0.1) is 63.9 Å². The lowest BCUT2D eigenvalue weighted by Gasteiger charge is -2.39. The molecular weight excluding hydrogens is 1520 g/mol. The predicted octanol–water partition coefficient (Wildman–Crippen LogP) is 13.6. The Bertz CT molecular complexity index is 5050. The molecule has 34 heteroatoms. The van der Waals surface area contributed by atoms with Crippen molar-refractivity contribution < 1.29 is 51.9 Å². The second-order valence-electron chi connectivity index (χ2n) is 30.0. The van der Waals surface area contributed by atoms with Crippen LogP contribution in [-0.4, -0.2) is 141 Å². The van der Waals surface area contributed by atoms with Crippen LogP contribution in [0.1, 0.15) is 173 Å². The molecule has 0 bridgehead atoms. The Morgan fingerprint density at radius 3 is 1.42 bits per heavy atom. The number of hydrogen-bond acceptors (Lipinski definition) is 27. The van der Waals surface area contributed by atoms with Crippen molar-refractivity contribution in [1.82, 2.24) is 64.6 Å². The maximum absolute atomic E-state index is 14.2. The second kappa shape index (κ2) is 41.5. The molecule has 118 heavy (non-hydrogen) atoms. The van der Waals surface area contributed by atoms with Crippen LogP contribution in [0.3, 0.4) is 0 Å². The fraction of sp³-hybridized carbons (Fsp3) is 0.429. The van der Waals surface area contributed by atoms with Crippen molar-refractivity contribution in [3.05, 3.63) is 202 Å². The van der Waals surface area contributed by atoms with E-state index in [1.165, 1.54) is 37.8 Å². The van der Waals surface area contributed by atoms with Gasteiger partial charge in [-0.25, -0.2) is 43.1 Å². The Hall–Kier alpha value is -12.3. The van der Waals surface area contributed by atoms with Crippen molar-refractivity contribution in [2.24, 2.45) is 11.3 Å². The van der Waals surface area contributed by atoms with E-state index < -0.39 is 17.8 Å². The molecule has 29 nitrogen and oxygen atoms in total. The summed E-state index contributed by atoms with van der Waals surface area (Å²) in [7, 11) is 1.49. The van der Waals surface area contributed by atoms with Gasteiger partial charge in [0, 0.05) is 74.0 Å². The van der Waals surface area contributed by atoms with E-state index in [4.69, 9.17) is 9.47 Å². The number of aliphatic hydroxyl groups excluding tert-OH is 4. The average Bonchev–Trinajstić information content (AvgIpc) is 0.888. The molecule has 11 N–H and O–H groups in total. The highest BCUT2D eigenvalue weighted by atomic mass is 19.4. The summed E-state index contributed by atoms with van der Waals surface area (Å²) in [4.78, 5) is 34.1. The quantitative estimate of drug-likeness (QED) is 0.0237. The van der Waals surface area contributed by atoms with Gasteiger partial charge in [-0.1, -0.05) is 67.6 Å². The van der Waals surface area contributed by atoms with Crippen molar-refractivity contribution >= 4 is 41.2 Å². The standard InChI is InChI=1S/C24H29F3N6O.C21H23N7O.C20H24FN5O2.C19H22FN5O2/c1-15-12-30-32-33(15)20-7-5-4-6-17(20)13-28-22-29-14-18(24(25,26)27)19(31-22)10-16-8-9-21(34)23(2,3)11-16;22-12-16-14-24-21(27-20(16)26-17-6-8-18(29)9-7-17)23-13-15-4-1-2-5-19(15)28-11-3-10-25-28;1-2-28-18-5-3-4-17(21)16(18)12-24-20-23-11-13(10-22)19(26-20)25-14-6-8-15(27)9-7-14;1-27-17-4-2-3-16(20)15(17)11-23-19-22-10-12(9-21)18(25-19)24-13-5-7-14(26)8-6-13/h4-7,12,14,16,21,34H,8-11,13H2,1-3H3,(H,28,29,31);1-5,10-11,14,17-18,29H,6-9,13H2,(H2,23,24,26,27);3-5,11,14-15,27H,2,6-9,12H2,1H3,(H2,23,24,25,26);2-4,10,13-14,26H,5-8,11H2,1H3,(H2,22,23,24,25)/t16-,21-;;;/m1.../s1. The number of ether oxygens (including phenoxy) is 2. The lowest BCUT2D eigenvalue weighted by molar-refractivity contribution is -0.138. The van der Waals surface area contributed by atoms with Crippen LogP contribution in [0.5, 0.6) is 11.5 Å². The minimum atomic E-state index is -4.53. The lowest BCUT2D eigenvalue weighted by Crippen LogP contribution is -2.37. The Morgan fingerprint density at radius 2 is 0.983 bits per heavy atom. The average molecular weight is 1620 g/mol. The highest BCUT2D eigenvalue weighted by Gasteiger charge is 2.40. The molecule has 10 aromatic rings. The van der Waals surface area contributed by atoms with Crippen LogP contribution in [0.15, 0.2) is 134 Å². The summed E-state index contributed by atoms with van der Waals surface area (Å²) < 4.78 is 83.5. The number of aliphatic hydroxyl groups is 4. The van der Waals surface area contributed by atoms with Gasteiger partial charge in [-0.3, -0.25) is 0 Å². The van der Waals surface area contributed by atoms with E-state index in [0.717, 1.165) is 111 Å². The molecule has 620 valence electrons. The molecule has 0 spiro atoms. The van der Waals surface area contributed by atoms with Gasteiger partial charge in [0.15, 0.2) is 0 Å². The van der Waals surface area contributed by atoms with E-state index in [9.17, 15) is 58.2 Å². The number of benzene rings is 4. The summed E-state index contributed by atoms with van der Waals surface area (Å²) >= 11 is 0. The molecule has 4 aliphatic carbocycles. The molecule has 0 amide bonds. The van der Waals surface area contributed by atoms with Crippen molar-refractivity contribution in [2.45, 2.75) is 205 Å². The highest BCUT2D eigenvalue weighted by Crippen LogP contribution is 2.42. The lowest BCUT2D eigenvalue weighted by atomic mass is 9.69. The van der Waals surface area contributed by atoms with E-state index in [1.54, 1.807) is 41.3 Å². The number of methoxy groups -OCH3 is 1. The molecule has 4 saturated carbocycles. The molecule has 0 unspecified atom stereocenters. The minimum absolute atomic E-state index is 0.0115. The molecule has 4 aromatic carbocycles. The first kappa shape index (κ1) is 86.6. The number of rotatable bonds is 25. The molecule has 6 heterocycles. The number of alkyl halides is 3. The summed E-state index contributed by atoms with van der Waals surface area (Å²) in [5, 5.41) is 102.